The van der Waals surface area contributed by atoms with Crippen molar-refractivity contribution in [1.29, 1.82) is 0 Å². The summed E-state index contributed by atoms with van der Waals surface area (Å²) in [5.74, 6) is 0.953. The maximum absolute atomic E-state index is 6.17. The third-order valence-corrected chi connectivity index (χ3v) is 4.63. The van der Waals surface area contributed by atoms with Crippen LogP contribution in [0.25, 0.3) is 0 Å². The highest BCUT2D eigenvalue weighted by Gasteiger charge is 2.13. The first-order valence-electron chi connectivity index (χ1n) is 8.50. The van der Waals surface area contributed by atoms with Gasteiger partial charge in [0.05, 0.1) is 6.61 Å². The number of halogens is 1. The Balaban J connectivity index is 1.61. The molecule has 0 amide bonds. The van der Waals surface area contributed by atoms with E-state index < -0.39 is 0 Å². The zero-order valence-electron chi connectivity index (χ0n) is 13.4. The van der Waals surface area contributed by atoms with Gasteiger partial charge in [-0.05, 0) is 55.1 Å². The van der Waals surface area contributed by atoms with Crippen molar-refractivity contribution in [2.45, 2.75) is 38.1 Å². The molecule has 0 spiro atoms. The second kappa shape index (κ2) is 8.37. The van der Waals surface area contributed by atoms with E-state index in [0.717, 1.165) is 42.3 Å². The number of piperidine rings is 1. The van der Waals surface area contributed by atoms with E-state index in [4.69, 9.17) is 16.3 Å². The lowest BCUT2D eigenvalue weighted by atomic mass is 10.0. The average Bonchev–Trinajstić information content (AvgIpc) is 2.59. The molecule has 0 unspecified atom stereocenters. The van der Waals surface area contributed by atoms with Crippen LogP contribution in [0.1, 0.15) is 36.8 Å². The van der Waals surface area contributed by atoms with E-state index in [1.54, 1.807) is 0 Å². The first-order chi connectivity index (χ1) is 11.3. The monoisotopic (exact) mass is 329 g/mol. The first kappa shape index (κ1) is 16.4. The smallest absolute Gasteiger partial charge is 0.122 e. The molecule has 1 aliphatic rings. The fourth-order valence-electron chi connectivity index (χ4n) is 3.12. The Morgan fingerprint density at radius 1 is 1.09 bits per heavy atom. The highest BCUT2D eigenvalue weighted by Crippen LogP contribution is 2.26. The molecular weight excluding hydrogens is 306 g/mol. The van der Waals surface area contributed by atoms with Gasteiger partial charge in [-0.1, -0.05) is 48.4 Å². The van der Waals surface area contributed by atoms with E-state index in [2.05, 4.69) is 29.6 Å². The Hall–Kier alpha value is -1.51. The fourth-order valence-corrected chi connectivity index (χ4v) is 3.32. The number of nitrogens with one attached hydrogen (secondary N) is 1. The summed E-state index contributed by atoms with van der Waals surface area (Å²) in [6.07, 6.45) is 5.81. The summed E-state index contributed by atoms with van der Waals surface area (Å²) in [7, 11) is 0. The van der Waals surface area contributed by atoms with Gasteiger partial charge in [0, 0.05) is 17.5 Å². The summed E-state index contributed by atoms with van der Waals surface area (Å²) in [5.41, 5.74) is 2.42. The quantitative estimate of drug-likeness (QED) is 0.818. The molecule has 3 heteroatoms. The van der Waals surface area contributed by atoms with Gasteiger partial charge >= 0.3 is 0 Å². The van der Waals surface area contributed by atoms with Crippen molar-refractivity contribution in [3.63, 3.8) is 0 Å². The largest absolute Gasteiger partial charge is 0.493 e. The Bertz CT molecular complexity index is 608. The van der Waals surface area contributed by atoms with Crippen LogP contribution in [-0.2, 0) is 6.42 Å². The number of rotatable bonds is 6. The number of benzene rings is 2. The van der Waals surface area contributed by atoms with E-state index in [-0.39, 0.29) is 0 Å². The van der Waals surface area contributed by atoms with Crippen LogP contribution in [0.3, 0.4) is 0 Å². The molecule has 2 aromatic carbocycles. The zero-order chi connectivity index (χ0) is 15.9. The maximum Gasteiger partial charge on any atom is 0.122 e. The molecule has 3 rings (SSSR count). The fraction of sp³-hybridized carbons (Fsp3) is 0.400. The lowest BCUT2D eigenvalue weighted by Gasteiger charge is -2.23. The van der Waals surface area contributed by atoms with Crippen LogP contribution in [0.5, 0.6) is 5.75 Å². The number of hydrogen-bond acceptors (Lipinski definition) is 2. The minimum atomic E-state index is 0.605. The van der Waals surface area contributed by atoms with E-state index >= 15 is 0 Å². The molecular formula is C20H24ClNO. The van der Waals surface area contributed by atoms with Gasteiger partial charge in [-0.3, -0.25) is 0 Å². The first-order valence-corrected chi connectivity index (χ1v) is 8.87. The number of ether oxygens (including phenoxy) is 1. The van der Waals surface area contributed by atoms with Crippen molar-refractivity contribution in [3.05, 3.63) is 64.7 Å². The Labute approximate surface area is 143 Å². The highest BCUT2D eigenvalue weighted by molar-refractivity contribution is 6.30. The molecule has 0 saturated carbocycles. The third kappa shape index (κ3) is 4.98. The van der Waals surface area contributed by atoms with Crippen LogP contribution in [0.15, 0.2) is 48.5 Å². The van der Waals surface area contributed by atoms with Gasteiger partial charge in [-0.15, -0.1) is 0 Å². The molecule has 0 bridgehead atoms. The number of hydrogen-bond donors (Lipinski definition) is 1. The SMILES string of the molecule is Clc1ccc(OCC[C@@H]2CCCCN2)c(Cc2ccccc2)c1. The van der Waals surface area contributed by atoms with Crippen LogP contribution in [0.2, 0.25) is 5.02 Å². The molecule has 122 valence electrons. The van der Waals surface area contributed by atoms with Gasteiger partial charge in [0.2, 0.25) is 0 Å². The lowest BCUT2D eigenvalue weighted by Crippen LogP contribution is -2.35. The zero-order valence-corrected chi connectivity index (χ0v) is 14.2. The second-order valence-electron chi connectivity index (χ2n) is 6.20. The summed E-state index contributed by atoms with van der Waals surface area (Å²) < 4.78 is 6.07. The van der Waals surface area contributed by atoms with Crippen molar-refractivity contribution in [2.24, 2.45) is 0 Å². The molecule has 1 saturated heterocycles. The molecule has 0 radical (unpaired) electrons. The third-order valence-electron chi connectivity index (χ3n) is 4.40. The van der Waals surface area contributed by atoms with Crippen LogP contribution < -0.4 is 10.1 Å². The Kier molecular flexibility index (Phi) is 5.95. The van der Waals surface area contributed by atoms with Crippen molar-refractivity contribution in [2.75, 3.05) is 13.2 Å². The topological polar surface area (TPSA) is 21.3 Å². The molecule has 23 heavy (non-hydrogen) atoms. The van der Waals surface area contributed by atoms with Crippen molar-refractivity contribution in [3.8, 4) is 5.75 Å². The van der Waals surface area contributed by atoms with Crippen LogP contribution in [-0.4, -0.2) is 19.2 Å². The van der Waals surface area contributed by atoms with Crippen LogP contribution in [0.4, 0.5) is 0 Å². The van der Waals surface area contributed by atoms with Gasteiger partial charge in [-0.25, -0.2) is 0 Å². The molecule has 0 aromatic heterocycles. The standard InChI is InChI=1S/C20H24ClNO/c21-18-9-10-20(23-13-11-19-8-4-5-12-22-19)17(15-18)14-16-6-2-1-3-7-16/h1-3,6-7,9-10,15,19,22H,4-5,8,11-14H2/t19-/m0/s1. The molecule has 0 aliphatic carbocycles. The summed E-state index contributed by atoms with van der Waals surface area (Å²) in [6.45, 7) is 1.89. The minimum Gasteiger partial charge on any atom is -0.493 e. The summed E-state index contributed by atoms with van der Waals surface area (Å²) in [6, 6.07) is 17.0. The lowest BCUT2D eigenvalue weighted by molar-refractivity contribution is 0.266. The van der Waals surface area contributed by atoms with Gasteiger partial charge in [0.25, 0.3) is 0 Å². The van der Waals surface area contributed by atoms with E-state index in [9.17, 15) is 0 Å². The van der Waals surface area contributed by atoms with E-state index in [1.165, 1.54) is 24.8 Å². The molecule has 1 heterocycles. The van der Waals surface area contributed by atoms with Crippen molar-refractivity contribution in [1.82, 2.24) is 5.32 Å². The molecule has 2 nitrogen and oxygen atoms in total. The minimum absolute atomic E-state index is 0.605. The molecule has 1 atom stereocenters. The van der Waals surface area contributed by atoms with Crippen molar-refractivity contribution < 1.29 is 4.74 Å². The van der Waals surface area contributed by atoms with Crippen molar-refractivity contribution >= 4 is 11.6 Å². The predicted octanol–water partition coefficient (Wildman–Crippen LogP) is 4.84. The van der Waals surface area contributed by atoms with Gasteiger partial charge in [0.15, 0.2) is 0 Å². The molecule has 2 aromatic rings. The average molecular weight is 330 g/mol. The summed E-state index contributed by atoms with van der Waals surface area (Å²) in [5, 5.41) is 4.33. The molecule has 1 N–H and O–H groups in total. The molecule has 1 fully saturated rings. The van der Waals surface area contributed by atoms with Crippen LogP contribution in [0, 0.1) is 0 Å². The Morgan fingerprint density at radius 3 is 2.74 bits per heavy atom. The highest BCUT2D eigenvalue weighted by atomic mass is 35.5. The maximum atomic E-state index is 6.17. The van der Waals surface area contributed by atoms with E-state index in [1.807, 2.05) is 24.3 Å². The summed E-state index contributed by atoms with van der Waals surface area (Å²) >= 11 is 6.17. The van der Waals surface area contributed by atoms with Gasteiger partial charge < -0.3 is 10.1 Å². The Morgan fingerprint density at radius 2 is 1.96 bits per heavy atom. The van der Waals surface area contributed by atoms with E-state index in [0.29, 0.717) is 6.04 Å². The van der Waals surface area contributed by atoms with Gasteiger partial charge in [-0.2, -0.15) is 0 Å². The normalized spacial score (nSPS) is 17.9. The predicted molar refractivity (Wildman–Crippen MR) is 96.5 cm³/mol. The second-order valence-corrected chi connectivity index (χ2v) is 6.63. The summed E-state index contributed by atoms with van der Waals surface area (Å²) in [4.78, 5) is 0. The van der Waals surface area contributed by atoms with Gasteiger partial charge in [0.1, 0.15) is 5.75 Å². The molecule has 1 aliphatic heterocycles. The van der Waals surface area contributed by atoms with Crippen LogP contribution >= 0.6 is 11.6 Å².